The lowest BCUT2D eigenvalue weighted by atomic mass is 9.95. The van der Waals surface area contributed by atoms with Crippen molar-refractivity contribution in [1.29, 1.82) is 0 Å². The summed E-state index contributed by atoms with van der Waals surface area (Å²) >= 11 is 0. The van der Waals surface area contributed by atoms with E-state index in [1.807, 2.05) is 7.05 Å². The Hall–Kier alpha value is -0.950. The smallest absolute Gasteiger partial charge is 0.178 e. The molecular formula is C14H17F4NOS. The molecule has 0 aliphatic carbocycles. The zero-order valence-electron chi connectivity index (χ0n) is 11.7. The molecule has 1 aromatic rings. The maximum Gasteiger partial charge on any atom is 0.178 e. The molecule has 1 heterocycles. The monoisotopic (exact) mass is 323 g/mol. The SMILES string of the molecule is CN1CCC(CCS(=O)c2c(F)c(F)cc(F)c2F)CC1. The largest absolute Gasteiger partial charge is 0.306 e. The minimum absolute atomic E-state index is 0.00507. The van der Waals surface area contributed by atoms with Crippen LogP contribution in [0.3, 0.4) is 0 Å². The topological polar surface area (TPSA) is 20.3 Å². The summed E-state index contributed by atoms with van der Waals surface area (Å²) in [5.74, 6) is -5.82. The van der Waals surface area contributed by atoms with Crippen LogP contribution >= 0.6 is 0 Å². The minimum Gasteiger partial charge on any atom is -0.306 e. The van der Waals surface area contributed by atoms with Gasteiger partial charge in [0.05, 0.1) is 10.8 Å². The van der Waals surface area contributed by atoms with Crippen molar-refractivity contribution in [3.63, 3.8) is 0 Å². The molecule has 0 N–H and O–H groups in total. The molecule has 1 aliphatic heterocycles. The molecule has 1 saturated heterocycles. The summed E-state index contributed by atoms with van der Waals surface area (Å²) in [5.41, 5.74) is 0. The average molecular weight is 323 g/mol. The first-order valence-corrected chi connectivity index (χ1v) is 8.12. The van der Waals surface area contributed by atoms with Crippen LogP contribution in [0.5, 0.6) is 0 Å². The van der Waals surface area contributed by atoms with Gasteiger partial charge in [0.1, 0.15) is 4.90 Å². The van der Waals surface area contributed by atoms with Crippen LogP contribution in [0, 0.1) is 29.2 Å². The van der Waals surface area contributed by atoms with Gasteiger partial charge in [-0.2, -0.15) is 0 Å². The molecule has 1 aromatic carbocycles. The van der Waals surface area contributed by atoms with Crippen LogP contribution in [-0.4, -0.2) is 35.0 Å². The van der Waals surface area contributed by atoms with Crippen molar-refractivity contribution in [1.82, 2.24) is 4.90 Å². The second-order valence-corrected chi connectivity index (χ2v) is 6.89. The first-order valence-electron chi connectivity index (χ1n) is 6.80. The highest BCUT2D eigenvalue weighted by atomic mass is 32.2. The normalized spacial score (nSPS) is 18.9. The van der Waals surface area contributed by atoms with Crippen LogP contribution in [0.2, 0.25) is 0 Å². The van der Waals surface area contributed by atoms with E-state index >= 15 is 0 Å². The zero-order valence-corrected chi connectivity index (χ0v) is 12.5. The highest BCUT2D eigenvalue weighted by Gasteiger charge is 2.25. The number of nitrogens with zero attached hydrogens (tertiary/aromatic N) is 1. The van der Waals surface area contributed by atoms with E-state index in [1.165, 1.54) is 0 Å². The summed E-state index contributed by atoms with van der Waals surface area (Å²) in [6.45, 7) is 1.85. The van der Waals surface area contributed by atoms with E-state index in [2.05, 4.69) is 4.90 Å². The summed E-state index contributed by atoms with van der Waals surface area (Å²) < 4.78 is 65.2. The number of benzene rings is 1. The van der Waals surface area contributed by atoms with Gasteiger partial charge in [-0.1, -0.05) is 0 Å². The van der Waals surface area contributed by atoms with Gasteiger partial charge in [-0.25, -0.2) is 17.6 Å². The molecule has 1 atom stereocenters. The molecule has 0 bridgehead atoms. The molecule has 118 valence electrons. The van der Waals surface area contributed by atoms with Crippen molar-refractivity contribution >= 4 is 10.8 Å². The Kier molecular flexibility index (Phi) is 5.37. The Morgan fingerprint density at radius 1 is 1.14 bits per heavy atom. The Labute approximate surface area is 123 Å². The maximum atomic E-state index is 13.5. The van der Waals surface area contributed by atoms with Crippen molar-refractivity contribution in [2.24, 2.45) is 5.92 Å². The molecule has 0 aromatic heterocycles. The number of hydrogen-bond donors (Lipinski definition) is 0. The van der Waals surface area contributed by atoms with Crippen LogP contribution in [0.1, 0.15) is 19.3 Å². The van der Waals surface area contributed by atoms with Crippen molar-refractivity contribution in [2.75, 3.05) is 25.9 Å². The molecule has 1 fully saturated rings. The van der Waals surface area contributed by atoms with Crippen LogP contribution in [-0.2, 0) is 10.8 Å². The lowest BCUT2D eigenvalue weighted by Gasteiger charge is -2.28. The van der Waals surface area contributed by atoms with E-state index in [0.717, 1.165) is 25.9 Å². The lowest BCUT2D eigenvalue weighted by Crippen LogP contribution is -2.30. The quantitative estimate of drug-likeness (QED) is 0.627. The van der Waals surface area contributed by atoms with Gasteiger partial charge in [-0.15, -0.1) is 0 Å². The molecule has 1 aliphatic rings. The molecule has 21 heavy (non-hydrogen) atoms. The summed E-state index contributed by atoms with van der Waals surface area (Å²) in [7, 11) is -0.0726. The third kappa shape index (κ3) is 3.83. The first-order chi connectivity index (χ1) is 9.90. The molecule has 0 amide bonds. The van der Waals surface area contributed by atoms with Gasteiger partial charge >= 0.3 is 0 Å². The number of rotatable bonds is 4. The van der Waals surface area contributed by atoms with Gasteiger partial charge in [0.2, 0.25) is 0 Å². The fraction of sp³-hybridized carbons (Fsp3) is 0.571. The van der Waals surface area contributed by atoms with E-state index in [-0.39, 0.29) is 11.8 Å². The predicted octanol–water partition coefficient (Wildman–Crippen LogP) is 3.08. The van der Waals surface area contributed by atoms with Crippen LogP contribution in [0.15, 0.2) is 11.0 Å². The van der Waals surface area contributed by atoms with Crippen LogP contribution < -0.4 is 0 Å². The summed E-state index contributed by atoms with van der Waals surface area (Å²) in [6.07, 6.45) is 2.38. The van der Waals surface area contributed by atoms with E-state index in [9.17, 15) is 21.8 Å². The van der Waals surface area contributed by atoms with Gasteiger partial charge < -0.3 is 4.90 Å². The second kappa shape index (κ2) is 6.87. The molecule has 0 radical (unpaired) electrons. The van der Waals surface area contributed by atoms with Crippen molar-refractivity contribution < 1.29 is 21.8 Å². The predicted molar refractivity (Wildman–Crippen MR) is 72.4 cm³/mol. The number of halogens is 4. The molecular weight excluding hydrogens is 306 g/mol. The number of likely N-dealkylation sites (tertiary alicyclic amines) is 1. The van der Waals surface area contributed by atoms with Crippen molar-refractivity contribution in [3.8, 4) is 0 Å². The highest BCUT2D eigenvalue weighted by molar-refractivity contribution is 7.85. The van der Waals surface area contributed by atoms with E-state index in [4.69, 9.17) is 0 Å². The van der Waals surface area contributed by atoms with E-state index in [1.54, 1.807) is 0 Å². The number of piperidine rings is 1. The Balaban J connectivity index is 2.04. The summed E-state index contributed by atoms with van der Waals surface area (Å²) in [4.78, 5) is 1.19. The Morgan fingerprint density at radius 3 is 2.19 bits per heavy atom. The summed E-state index contributed by atoms with van der Waals surface area (Å²) in [6, 6.07) is 0.127. The Morgan fingerprint density at radius 2 is 1.67 bits per heavy atom. The van der Waals surface area contributed by atoms with Crippen LogP contribution in [0.25, 0.3) is 0 Å². The fourth-order valence-electron chi connectivity index (χ4n) is 2.48. The summed E-state index contributed by atoms with van der Waals surface area (Å²) in [5, 5.41) is 0. The van der Waals surface area contributed by atoms with Gasteiger partial charge in [0.15, 0.2) is 23.3 Å². The standard InChI is InChI=1S/C14H17F4NOS/c1-19-5-2-9(3-6-19)4-7-21(20)14-12(17)10(15)8-11(16)13(14)18/h8-9H,2-7H2,1H3. The number of hydrogen-bond acceptors (Lipinski definition) is 2. The Bertz CT molecular complexity index is 518. The molecule has 2 nitrogen and oxygen atoms in total. The molecule has 0 spiro atoms. The first kappa shape index (κ1) is 16.4. The third-order valence-electron chi connectivity index (χ3n) is 3.85. The lowest BCUT2D eigenvalue weighted by molar-refractivity contribution is 0.217. The highest BCUT2D eigenvalue weighted by Crippen LogP contribution is 2.25. The van der Waals surface area contributed by atoms with Gasteiger partial charge in [0, 0.05) is 11.8 Å². The zero-order chi connectivity index (χ0) is 15.6. The van der Waals surface area contributed by atoms with Crippen molar-refractivity contribution in [3.05, 3.63) is 29.3 Å². The second-order valence-electron chi connectivity index (χ2n) is 5.38. The average Bonchev–Trinajstić information content (AvgIpc) is 2.45. The van der Waals surface area contributed by atoms with Crippen LogP contribution in [0.4, 0.5) is 17.6 Å². The van der Waals surface area contributed by atoms with Gasteiger partial charge in [-0.3, -0.25) is 4.21 Å². The molecule has 1 unspecified atom stereocenters. The molecule has 2 rings (SSSR count). The van der Waals surface area contributed by atoms with Gasteiger partial charge in [0.25, 0.3) is 0 Å². The van der Waals surface area contributed by atoms with Gasteiger partial charge in [-0.05, 0) is 45.3 Å². The van der Waals surface area contributed by atoms with E-state index < -0.39 is 39.0 Å². The molecule has 0 saturated carbocycles. The minimum atomic E-state index is -2.08. The molecule has 7 heteroatoms. The third-order valence-corrected chi connectivity index (χ3v) is 5.27. The maximum absolute atomic E-state index is 13.5. The van der Waals surface area contributed by atoms with E-state index in [0.29, 0.717) is 12.3 Å². The fourth-order valence-corrected chi connectivity index (χ4v) is 3.82. The van der Waals surface area contributed by atoms with Crippen molar-refractivity contribution in [2.45, 2.75) is 24.2 Å².